The molecule has 27 heavy (non-hydrogen) atoms. The fourth-order valence-electron chi connectivity index (χ4n) is 3.47. The van der Waals surface area contributed by atoms with Gasteiger partial charge in [-0.15, -0.1) is 0 Å². The molecule has 0 bridgehead atoms. The first-order chi connectivity index (χ1) is 12.5. The number of benzene rings is 2. The van der Waals surface area contributed by atoms with Crippen molar-refractivity contribution in [1.29, 1.82) is 0 Å². The van der Waals surface area contributed by atoms with Gasteiger partial charge in [0.2, 0.25) is 0 Å². The van der Waals surface area contributed by atoms with Crippen molar-refractivity contribution in [2.24, 2.45) is 0 Å². The molecule has 2 aromatic carbocycles. The maximum atomic E-state index is 13.0. The smallest absolute Gasteiger partial charge is 0.179 e. The summed E-state index contributed by atoms with van der Waals surface area (Å²) in [6.07, 6.45) is 0. The van der Waals surface area contributed by atoms with E-state index < -0.39 is 17.1 Å². The minimum absolute atomic E-state index is 0.237. The van der Waals surface area contributed by atoms with Crippen molar-refractivity contribution in [3.8, 4) is 11.5 Å². The van der Waals surface area contributed by atoms with Crippen LogP contribution in [0.1, 0.15) is 44.7 Å². The maximum Gasteiger partial charge on any atom is 0.179 e. The Hall–Kier alpha value is -2.17. The summed E-state index contributed by atoms with van der Waals surface area (Å²) in [7, 11) is 0. The van der Waals surface area contributed by atoms with Crippen LogP contribution >= 0.6 is 11.6 Å². The molecule has 0 unspecified atom stereocenters. The molecular formula is C22H23ClO4. The third kappa shape index (κ3) is 3.78. The molecule has 3 rings (SSSR count). The highest BCUT2D eigenvalue weighted by Gasteiger charge is 2.53. The number of carbonyl (C=O) groups excluding carboxylic acids is 2. The standard InChI is InChI=1S/C22H23ClO4/c1-13-6-9-16(26-15-10-7-14(23)8-11-15)12-17(13)18-19(24)21(2,3)27-22(4,5)20(18)25/h6-12,18H,1-5H3. The third-order valence-corrected chi connectivity index (χ3v) is 5.08. The average Bonchev–Trinajstić information content (AvgIpc) is 2.57. The molecule has 0 spiro atoms. The van der Waals surface area contributed by atoms with Crippen LogP contribution in [0.3, 0.4) is 0 Å². The second-order valence-corrected chi connectivity index (χ2v) is 8.30. The molecule has 1 heterocycles. The summed E-state index contributed by atoms with van der Waals surface area (Å²) in [6.45, 7) is 8.72. The number of rotatable bonds is 3. The molecule has 5 heteroatoms. The molecule has 0 radical (unpaired) electrons. The van der Waals surface area contributed by atoms with Crippen LogP contribution < -0.4 is 4.74 Å². The SMILES string of the molecule is Cc1ccc(Oc2ccc(Cl)cc2)cc1C1C(=O)C(C)(C)OC(C)(C)C1=O. The number of carbonyl (C=O) groups is 2. The van der Waals surface area contributed by atoms with Crippen LogP contribution in [-0.4, -0.2) is 22.8 Å². The van der Waals surface area contributed by atoms with Crippen LogP contribution in [0.2, 0.25) is 5.02 Å². The normalized spacial score (nSPS) is 19.2. The van der Waals surface area contributed by atoms with Crippen molar-refractivity contribution in [3.05, 3.63) is 58.6 Å². The second kappa shape index (κ2) is 6.77. The number of hydrogen-bond acceptors (Lipinski definition) is 4. The molecule has 1 fully saturated rings. The number of hydrogen-bond donors (Lipinski definition) is 0. The quantitative estimate of drug-likeness (QED) is 0.676. The maximum absolute atomic E-state index is 13.0. The zero-order valence-electron chi connectivity index (χ0n) is 16.1. The molecular weight excluding hydrogens is 364 g/mol. The Morgan fingerprint density at radius 2 is 1.41 bits per heavy atom. The molecule has 0 aliphatic carbocycles. The van der Waals surface area contributed by atoms with Crippen molar-refractivity contribution < 1.29 is 19.1 Å². The molecule has 0 N–H and O–H groups in total. The molecule has 0 saturated carbocycles. The zero-order valence-corrected chi connectivity index (χ0v) is 16.9. The van der Waals surface area contributed by atoms with Gasteiger partial charge in [0.05, 0.1) is 0 Å². The second-order valence-electron chi connectivity index (χ2n) is 7.86. The molecule has 0 aromatic heterocycles. The van der Waals surface area contributed by atoms with Gasteiger partial charge in [-0.2, -0.15) is 0 Å². The van der Waals surface area contributed by atoms with Gasteiger partial charge in [-0.25, -0.2) is 0 Å². The topological polar surface area (TPSA) is 52.6 Å². The Labute approximate surface area is 164 Å². The number of Topliss-reactive ketones (excluding diaryl/α,β-unsaturated/α-hetero) is 2. The van der Waals surface area contributed by atoms with Gasteiger partial charge in [-0.1, -0.05) is 17.7 Å². The summed E-state index contributed by atoms with van der Waals surface area (Å²) in [5.74, 6) is -0.172. The zero-order chi connectivity index (χ0) is 20.0. The minimum atomic E-state index is -1.04. The van der Waals surface area contributed by atoms with Crippen molar-refractivity contribution in [2.75, 3.05) is 0 Å². The molecule has 0 amide bonds. The van der Waals surface area contributed by atoms with Gasteiger partial charge >= 0.3 is 0 Å². The predicted octanol–water partition coefficient (Wildman–Crippen LogP) is 5.25. The fraction of sp³-hybridized carbons (Fsp3) is 0.364. The van der Waals surface area contributed by atoms with E-state index in [2.05, 4.69) is 0 Å². The van der Waals surface area contributed by atoms with Crippen LogP contribution in [0.25, 0.3) is 0 Å². The van der Waals surface area contributed by atoms with Crippen molar-refractivity contribution in [2.45, 2.75) is 51.7 Å². The lowest BCUT2D eigenvalue weighted by molar-refractivity contribution is -0.184. The van der Waals surface area contributed by atoms with Crippen molar-refractivity contribution in [1.82, 2.24) is 0 Å². The largest absolute Gasteiger partial charge is 0.457 e. The highest BCUT2D eigenvalue weighted by Crippen LogP contribution is 2.40. The van der Waals surface area contributed by atoms with Crippen LogP contribution in [0, 0.1) is 6.92 Å². The summed E-state index contributed by atoms with van der Waals surface area (Å²) in [5.41, 5.74) is -0.567. The summed E-state index contributed by atoms with van der Waals surface area (Å²) < 4.78 is 11.7. The van der Waals surface area contributed by atoms with Gasteiger partial charge in [-0.3, -0.25) is 9.59 Å². The highest BCUT2D eigenvalue weighted by molar-refractivity contribution is 6.30. The number of ether oxygens (including phenoxy) is 2. The lowest BCUT2D eigenvalue weighted by Gasteiger charge is -2.43. The third-order valence-electron chi connectivity index (χ3n) is 4.83. The summed E-state index contributed by atoms with van der Waals surface area (Å²) in [5, 5.41) is 0.620. The van der Waals surface area contributed by atoms with E-state index in [-0.39, 0.29) is 11.6 Å². The Kier molecular flexibility index (Phi) is 4.91. The minimum Gasteiger partial charge on any atom is -0.457 e. The van der Waals surface area contributed by atoms with Gasteiger partial charge in [-0.05, 0) is 82.1 Å². The first-order valence-corrected chi connectivity index (χ1v) is 9.22. The molecule has 1 saturated heterocycles. The molecule has 1 aliphatic rings. The highest BCUT2D eigenvalue weighted by atomic mass is 35.5. The van der Waals surface area contributed by atoms with E-state index in [4.69, 9.17) is 21.1 Å². The average molecular weight is 387 g/mol. The van der Waals surface area contributed by atoms with Crippen LogP contribution in [0.5, 0.6) is 11.5 Å². The monoisotopic (exact) mass is 386 g/mol. The van der Waals surface area contributed by atoms with Crippen molar-refractivity contribution in [3.63, 3.8) is 0 Å². The first-order valence-electron chi connectivity index (χ1n) is 8.84. The Balaban J connectivity index is 2.01. The van der Waals surface area contributed by atoms with Gasteiger partial charge in [0, 0.05) is 5.02 Å². The number of ketones is 2. The van der Waals surface area contributed by atoms with E-state index in [0.29, 0.717) is 22.1 Å². The van der Waals surface area contributed by atoms with E-state index in [1.165, 1.54) is 0 Å². The molecule has 0 atom stereocenters. The van der Waals surface area contributed by atoms with Gasteiger partial charge in [0.25, 0.3) is 0 Å². The van der Waals surface area contributed by atoms with Crippen LogP contribution in [0.4, 0.5) is 0 Å². The summed E-state index contributed by atoms with van der Waals surface area (Å²) in [4.78, 5) is 26.0. The van der Waals surface area contributed by atoms with Crippen LogP contribution in [0.15, 0.2) is 42.5 Å². The van der Waals surface area contributed by atoms with Gasteiger partial charge in [0.15, 0.2) is 11.6 Å². The number of aryl methyl sites for hydroxylation is 1. The molecule has 2 aromatic rings. The van der Waals surface area contributed by atoms with E-state index in [9.17, 15) is 9.59 Å². The first kappa shape index (κ1) is 19.6. The van der Waals surface area contributed by atoms with E-state index in [1.54, 1.807) is 58.0 Å². The summed E-state index contributed by atoms with van der Waals surface area (Å²) in [6, 6.07) is 12.4. The molecule has 1 aliphatic heterocycles. The molecule has 142 valence electrons. The fourth-order valence-corrected chi connectivity index (χ4v) is 3.59. The van der Waals surface area contributed by atoms with Crippen molar-refractivity contribution >= 4 is 23.2 Å². The molecule has 4 nitrogen and oxygen atoms in total. The lowest BCUT2D eigenvalue weighted by Crippen LogP contribution is -2.57. The predicted molar refractivity (Wildman–Crippen MR) is 105 cm³/mol. The van der Waals surface area contributed by atoms with Gasteiger partial charge in [0.1, 0.15) is 28.6 Å². The Morgan fingerprint density at radius 1 is 0.889 bits per heavy atom. The van der Waals surface area contributed by atoms with E-state index in [1.807, 2.05) is 19.1 Å². The number of halogens is 1. The summed E-state index contributed by atoms with van der Waals surface area (Å²) >= 11 is 5.91. The van der Waals surface area contributed by atoms with E-state index >= 15 is 0 Å². The Morgan fingerprint density at radius 3 is 1.96 bits per heavy atom. The van der Waals surface area contributed by atoms with Crippen LogP contribution in [-0.2, 0) is 14.3 Å². The lowest BCUT2D eigenvalue weighted by atomic mass is 9.74. The van der Waals surface area contributed by atoms with Gasteiger partial charge < -0.3 is 9.47 Å². The Bertz CT molecular complexity index is 871. The van der Waals surface area contributed by atoms with E-state index in [0.717, 1.165) is 5.56 Å².